The summed E-state index contributed by atoms with van der Waals surface area (Å²) in [5, 5.41) is 28.3. The number of rotatable bonds is 8. The molecule has 1 fully saturated rings. The molecule has 3 heterocycles. The van der Waals surface area contributed by atoms with Crippen LogP contribution in [0.25, 0.3) is 21.7 Å². The number of halogens is 3. The first kappa shape index (κ1) is 27.8. The summed E-state index contributed by atoms with van der Waals surface area (Å²) in [6, 6.07) is 13.1. The monoisotopic (exact) mass is 586 g/mol. The smallest absolute Gasteiger partial charge is 0.263 e. The zero-order valence-electron chi connectivity index (χ0n) is 23.4. The minimum atomic E-state index is -2.54. The van der Waals surface area contributed by atoms with Crippen molar-refractivity contribution in [1.29, 1.82) is 5.26 Å². The van der Waals surface area contributed by atoms with E-state index in [1.807, 2.05) is 30.3 Å². The van der Waals surface area contributed by atoms with Crippen LogP contribution < -0.4 is 10.6 Å². The van der Waals surface area contributed by atoms with Crippen LogP contribution in [-0.4, -0.2) is 37.9 Å². The highest BCUT2D eigenvalue weighted by Gasteiger charge is 2.54. The van der Waals surface area contributed by atoms with Crippen molar-refractivity contribution in [3.63, 3.8) is 0 Å². The molecule has 0 radical (unpaired) electrons. The van der Waals surface area contributed by atoms with Crippen LogP contribution >= 0.6 is 11.6 Å². The van der Waals surface area contributed by atoms with Crippen LogP contribution in [0.3, 0.4) is 0 Å². The number of alkyl halides is 2. The maximum atomic E-state index is 13.9. The Morgan fingerprint density at radius 2 is 1.95 bits per heavy atom. The Morgan fingerprint density at radius 1 is 1.14 bits per heavy atom. The standard InChI is InChI=1S/C31H29ClF2N8/c1-30(2,3)17-38-26-19(13-35)14-37-27-22(26)11-20(12-24(27)32)39-28(21-6-4-5-18-7-10-36-15-23(18)21)25-16-42(41-40-25)31(8-9-31)29(33)34/h4-7,10-12,14-16,28-29,39H,8-9,17H2,1-3H3,(H,37,38)/t28-/m0/s1. The van der Waals surface area contributed by atoms with Crippen LogP contribution in [0.1, 0.15) is 56.5 Å². The third-order valence-electron chi connectivity index (χ3n) is 7.61. The highest BCUT2D eigenvalue weighted by molar-refractivity contribution is 6.35. The molecule has 11 heteroatoms. The van der Waals surface area contributed by atoms with Crippen LogP contribution in [-0.2, 0) is 5.54 Å². The second-order valence-electron chi connectivity index (χ2n) is 11.9. The summed E-state index contributed by atoms with van der Waals surface area (Å²) < 4.78 is 29.1. The minimum absolute atomic E-state index is 0.0432. The topological polar surface area (TPSA) is 104 Å². The van der Waals surface area contributed by atoms with Gasteiger partial charge in [0.2, 0.25) is 0 Å². The normalized spacial score (nSPS) is 15.1. The number of hydrogen-bond acceptors (Lipinski definition) is 7. The maximum Gasteiger partial charge on any atom is 0.263 e. The highest BCUT2D eigenvalue weighted by Crippen LogP contribution is 2.48. The molecule has 2 N–H and O–H groups in total. The predicted octanol–water partition coefficient (Wildman–Crippen LogP) is 7.31. The van der Waals surface area contributed by atoms with Gasteiger partial charge in [0.05, 0.1) is 34.0 Å². The first-order valence-corrected chi connectivity index (χ1v) is 14.0. The minimum Gasteiger partial charge on any atom is -0.383 e. The van der Waals surface area contributed by atoms with E-state index in [2.05, 4.69) is 57.8 Å². The van der Waals surface area contributed by atoms with Crippen molar-refractivity contribution in [2.75, 3.05) is 17.2 Å². The van der Waals surface area contributed by atoms with Gasteiger partial charge in [-0.2, -0.15) is 5.26 Å². The van der Waals surface area contributed by atoms with E-state index in [0.717, 1.165) is 16.3 Å². The van der Waals surface area contributed by atoms with Crippen molar-refractivity contribution in [2.45, 2.75) is 51.6 Å². The fraction of sp³-hybridized carbons (Fsp3) is 0.323. The van der Waals surface area contributed by atoms with Crippen LogP contribution in [0.15, 0.2) is 61.2 Å². The first-order valence-electron chi connectivity index (χ1n) is 13.7. The van der Waals surface area contributed by atoms with Crippen LogP contribution in [0.4, 0.5) is 20.2 Å². The van der Waals surface area contributed by atoms with E-state index in [-0.39, 0.29) is 5.41 Å². The Labute approximate surface area is 246 Å². The van der Waals surface area contributed by atoms with Gasteiger partial charge in [-0.25, -0.2) is 13.5 Å². The molecule has 5 aromatic rings. The summed E-state index contributed by atoms with van der Waals surface area (Å²) >= 11 is 6.76. The van der Waals surface area contributed by atoms with Gasteiger partial charge in [0.1, 0.15) is 17.3 Å². The van der Waals surface area contributed by atoms with Crippen molar-refractivity contribution in [2.24, 2.45) is 5.41 Å². The number of fused-ring (bicyclic) bond motifs is 2. The molecule has 1 saturated carbocycles. The molecule has 3 aromatic heterocycles. The number of aromatic nitrogens is 5. The van der Waals surface area contributed by atoms with Gasteiger partial charge in [-0.15, -0.1) is 5.10 Å². The van der Waals surface area contributed by atoms with Gasteiger partial charge in [0, 0.05) is 41.6 Å². The number of anilines is 2. The van der Waals surface area contributed by atoms with Crippen LogP contribution in [0, 0.1) is 16.7 Å². The predicted molar refractivity (Wildman–Crippen MR) is 160 cm³/mol. The zero-order valence-corrected chi connectivity index (χ0v) is 24.1. The molecule has 42 heavy (non-hydrogen) atoms. The number of nitrogens with one attached hydrogen (secondary N) is 2. The Hall–Kier alpha value is -4.36. The number of pyridine rings is 2. The van der Waals surface area contributed by atoms with E-state index in [9.17, 15) is 14.0 Å². The lowest BCUT2D eigenvalue weighted by molar-refractivity contribution is 0.0593. The fourth-order valence-corrected chi connectivity index (χ4v) is 5.41. The average molecular weight is 587 g/mol. The molecule has 0 amide bonds. The Kier molecular flexibility index (Phi) is 6.93. The molecule has 1 atom stereocenters. The fourth-order valence-electron chi connectivity index (χ4n) is 5.14. The lowest BCUT2D eigenvalue weighted by atomic mass is 9.96. The van der Waals surface area contributed by atoms with E-state index in [0.29, 0.717) is 57.9 Å². The quantitative estimate of drug-likeness (QED) is 0.196. The van der Waals surface area contributed by atoms with Gasteiger partial charge >= 0.3 is 0 Å². The molecule has 8 nitrogen and oxygen atoms in total. The van der Waals surface area contributed by atoms with E-state index < -0.39 is 18.0 Å². The van der Waals surface area contributed by atoms with Gasteiger partial charge in [-0.3, -0.25) is 9.97 Å². The molecule has 2 aromatic carbocycles. The van der Waals surface area contributed by atoms with E-state index in [1.54, 1.807) is 24.7 Å². The SMILES string of the molecule is CC(C)(C)CNc1c(C#N)cnc2c(Cl)cc(N[C@H](c3cn(C4(C(F)F)CC4)nn3)c3cccc4ccncc34)cc12. The van der Waals surface area contributed by atoms with E-state index in [4.69, 9.17) is 11.6 Å². The average Bonchev–Trinajstić information content (AvgIpc) is 3.64. The molecule has 0 unspecified atom stereocenters. The largest absolute Gasteiger partial charge is 0.383 e. The number of benzene rings is 2. The summed E-state index contributed by atoms with van der Waals surface area (Å²) in [7, 11) is 0. The molecule has 1 aliphatic rings. The highest BCUT2D eigenvalue weighted by atomic mass is 35.5. The molecular formula is C31H29ClF2N8. The molecule has 6 rings (SSSR count). The molecule has 214 valence electrons. The molecule has 0 bridgehead atoms. The summed E-state index contributed by atoms with van der Waals surface area (Å²) in [5.74, 6) is 0. The number of nitrogens with zero attached hydrogens (tertiary/aromatic N) is 6. The van der Waals surface area contributed by atoms with Crippen molar-refractivity contribution in [1.82, 2.24) is 25.0 Å². The molecule has 1 aliphatic carbocycles. The molecule has 0 aliphatic heterocycles. The second kappa shape index (κ2) is 10.5. The maximum absolute atomic E-state index is 13.9. The summed E-state index contributed by atoms with van der Waals surface area (Å²) in [5.41, 5.74) is 2.22. The lowest BCUT2D eigenvalue weighted by Crippen LogP contribution is -2.26. The lowest BCUT2D eigenvalue weighted by Gasteiger charge is -2.23. The van der Waals surface area contributed by atoms with Gasteiger partial charge in [0.15, 0.2) is 0 Å². The van der Waals surface area contributed by atoms with Gasteiger partial charge in [-0.05, 0) is 47.4 Å². The molecule has 0 spiro atoms. The summed E-state index contributed by atoms with van der Waals surface area (Å²) in [6.07, 6.45) is 4.77. The Morgan fingerprint density at radius 3 is 2.67 bits per heavy atom. The Bertz CT molecular complexity index is 1830. The van der Waals surface area contributed by atoms with Crippen LogP contribution in [0.5, 0.6) is 0 Å². The second-order valence-corrected chi connectivity index (χ2v) is 12.3. The van der Waals surface area contributed by atoms with Crippen LogP contribution in [0.2, 0.25) is 5.02 Å². The van der Waals surface area contributed by atoms with Gasteiger partial charge in [0.25, 0.3) is 6.43 Å². The van der Waals surface area contributed by atoms with E-state index >= 15 is 0 Å². The number of nitriles is 1. The number of hydrogen-bond donors (Lipinski definition) is 2. The van der Waals surface area contributed by atoms with Crippen molar-refractivity contribution >= 4 is 44.7 Å². The first-order chi connectivity index (χ1) is 20.1. The Balaban J connectivity index is 1.48. The van der Waals surface area contributed by atoms with Crippen molar-refractivity contribution < 1.29 is 8.78 Å². The van der Waals surface area contributed by atoms with Gasteiger partial charge < -0.3 is 10.6 Å². The summed E-state index contributed by atoms with van der Waals surface area (Å²) in [6.45, 7) is 6.93. The third-order valence-corrected chi connectivity index (χ3v) is 7.90. The van der Waals surface area contributed by atoms with Gasteiger partial charge in [-0.1, -0.05) is 55.8 Å². The third kappa shape index (κ3) is 5.09. The van der Waals surface area contributed by atoms with Crippen molar-refractivity contribution in [3.05, 3.63) is 83.0 Å². The molecule has 0 saturated heterocycles. The summed E-state index contributed by atoms with van der Waals surface area (Å²) in [4.78, 5) is 8.78. The van der Waals surface area contributed by atoms with E-state index in [1.165, 1.54) is 10.9 Å². The molecular weight excluding hydrogens is 558 g/mol. The zero-order chi connectivity index (χ0) is 29.6. The van der Waals surface area contributed by atoms with Crippen molar-refractivity contribution in [3.8, 4) is 6.07 Å².